The number of hydrogen-bond donors (Lipinski definition) is 2. The molecule has 0 aromatic heterocycles. The van der Waals surface area contributed by atoms with Crippen molar-refractivity contribution in [1.82, 2.24) is 10.0 Å². The lowest BCUT2D eigenvalue weighted by Crippen LogP contribution is -2.34. The molecule has 1 unspecified atom stereocenters. The van der Waals surface area contributed by atoms with Crippen molar-refractivity contribution in [3.63, 3.8) is 0 Å². The first-order valence-corrected chi connectivity index (χ1v) is 8.35. The predicted octanol–water partition coefficient (Wildman–Crippen LogP) is -1.48. The number of sulfonamides is 1. The second kappa shape index (κ2) is 4.77. The summed E-state index contributed by atoms with van der Waals surface area (Å²) in [4.78, 5) is 0. The molecule has 6 nitrogen and oxygen atoms in total. The van der Waals surface area contributed by atoms with Crippen LogP contribution in [0, 0.1) is 5.92 Å². The number of rotatable bonds is 5. The molecule has 0 spiro atoms. The third kappa shape index (κ3) is 5.45. The zero-order valence-corrected chi connectivity index (χ0v) is 10.2. The Bertz CT molecular complexity index is 395. The molecule has 0 saturated carbocycles. The van der Waals surface area contributed by atoms with Crippen LogP contribution in [0.25, 0.3) is 0 Å². The summed E-state index contributed by atoms with van der Waals surface area (Å²) in [5.41, 5.74) is 0. The van der Waals surface area contributed by atoms with Gasteiger partial charge >= 0.3 is 0 Å². The van der Waals surface area contributed by atoms with Gasteiger partial charge in [-0.1, -0.05) is 0 Å². The standard InChI is InChI=1S/C7H16N2O4S2/c1-14(10,11)6-15(12,13)9-5-7-2-3-8-4-7/h7-9H,2-6H2,1H3. The topological polar surface area (TPSA) is 92.3 Å². The van der Waals surface area contributed by atoms with E-state index in [0.29, 0.717) is 6.54 Å². The molecule has 0 radical (unpaired) electrons. The van der Waals surface area contributed by atoms with Crippen LogP contribution in [0.4, 0.5) is 0 Å². The van der Waals surface area contributed by atoms with Crippen molar-refractivity contribution in [2.45, 2.75) is 6.42 Å². The van der Waals surface area contributed by atoms with Gasteiger partial charge in [-0.15, -0.1) is 0 Å². The Morgan fingerprint density at radius 3 is 2.47 bits per heavy atom. The minimum Gasteiger partial charge on any atom is -0.316 e. The van der Waals surface area contributed by atoms with Gasteiger partial charge in [-0.2, -0.15) is 0 Å². The molecule has 1 aliphatic heterocycles. The maximum Gasteiger partial charge on any atom is 0.226 e. The Labute approximate surface area is 90.4 Å². The van der Waals surface area contributed by atoms with Gasteiger partial charge in [0.2, 0.25) is 10.0 Å². The molecule has 1 rings (SSSR count). The fraction of sp³-hybridized carbons (Fsp3) is 1.00. The summed E-state index contributed by atoms with van der Waals surface area (Å²) in [6.07, 6.45) is 1.82. The molecule has 0 amide bonds. The molecular formula is C7H16N2O4S2. The lowest BCUT2D eigenvalue weighted by Gasteiger charge is -2.09. The van der Waals surface area contributed by atoms with Crippen molar-refractivity contribution in [3.8, 4) is 0 Å². The number of sulfone groups is 1. The molecule has 1 saturated heterocycles. The van der Waals surface area contributed by atoms with Crippen LogP contribution in [-0.4, -0.2) is 47.8 Å². The molecule has 1 fully saturated rings. The molecule has 1 heterocycles. The highest BCUT2D eigenvalue weighted by Gasteiger charge is 2.21. The monoisotopic (exact) mass is 256 g/mol. The zero-order valence-electron chi connectivity index (χ0n) is 8.56. The van der Waals surface area contributed by atoms with Crippen LogP contribution in [0.3, 0.4) is 0 Å². The highest BCUT2D eigenvalue weighted by molar-refractivity contribution is 8.06. The minimum absolute atomic E-state index is 0.263. The second-order valence-corrected chi connectivity index (χ2v) is 8.18. The smallest absolute Gasteiger partial charge is 0.226 e. The Morgan fingerprint density at radius 1 is 1.33 bits per heavy atom. The van der Waals surface area contributed by atoms with Crippen LogP contribution in [0.15, 0.2) is 0 Å². The van der Waals surface area contributed by atoms with Crippen LogP contribution >= 0.6 is 0 Å². The summed E-state index contributed by atoms with van der Waals surface area (Å²) in [6.45, 7) is 1.98. The third-order valence-corrected chi connectivity index (χ3v) is 5.68. The second-order valence-electron chi connectivity index (χ2n) is 3.87. The maximum atomic E-state index is 11.3. The molecule has 0 aromatic carbocycles. The van der Waals surface area contributed by atoms with Gasteiger partial charge in [0.25, 0.3) is 0 Å². The van der Waals surface area contributed by atoms with Gasteiger partial charge in [0.05, 0.1) is 0 Å². The Hall–Kier alpha value is -0.180. The van der Waals surface area contributed by atoms with E-state index in [2.05, 4.69) is 10.0 Å². The molecule has 0 bridgehead atoms. The first-order valence-electron chi connectivity index (χ1n) is 4.64. The molecule has 90 valence electrons. The summed E-state index contributed by atoms with van der Waals surface area (Å²) < 4.78 is 46.5. The van der Waals surface area contributed by atoms with E-state index in [9.17, 15) is 16.8 Å². The van der Waals surface area contributed by atoms with Gasteiger partial charge in [-0.05, 0) is 25.4 Å². The molecule has 8 heteroatoms. The van der Waals surface area contributed by atoms with Crippen molar-refractivity contribution in [2.75, 3.05) is 31.0 Å². The van der Waals surface area contributed by atoms with Crippen molar-refractivity contribution in [2.24, 2.45) is 5.92 Å². The van der Waals surface area contributed by atoms with E-state index < -0.39 is 24.9 Å². The van der Waals surface area contributed by atoms with Gasteiger partial charge in [0, 0.05) is 12.8 Å². The average Bonchev–Trinajstić information content (AvgIpc) is 2.47. The van der Waals surface area contributed by atoms with Crippen LogP contribution < -0.4 is 10.0 Å². The predicted molar refractivity (Wildman–Crippen MR) is 57.6 cm³/mol. The van der Waals surface area contributed by atoms with Crippen LogP contribution in [0.2, 0.25) is 0 Å². The summed E-state index contributed by atoms with van der Waals surface area (Å²) in [5.74, 6) is 0.263. The quantitative estimate of drug-likeness (QED) is 0.626. The van der Waals surface area contributed by atoms with Gasteiger partial charge in [-0.3, -0.25) is 0 Å². The van der Waals surface area contributed by atoms with Gasteiger partial charge in [-0.25, -0.2) is 21.6 Å². The fourth-order valence-corrected chi connectivity index (χ4v) is 4.53. The SMILES string of the molecule is CS(=O)(=O)CS(=O)(=O)NCC1CCNC1. The zero-order chi connectivity index (χ0) is 11.5. The summed E-state index contributed by atoms with van der Waals surface area (Å²) in [7, 11) is -7.19. The Morgan fingerprint density at radius 2 is 2.00 bits per heavy atom. The lowest BCUT2D eigenvalue weighted by atomic mass is 10.1. The molecular weight excluding hydrogens is 240 g/mol. The van der Waals surface area contributed by atoms with E-state index in [0.717, 1.165) is 25.8 Å². The average molecular weight is 256 g/mol. The van der Waals surface area contributed by atoms with E-state index in [1.165, 1.54) is 0 Å². The van der Waals surface area contributed by atoms with E-state index in [1.807, 2.05) is 0 Å². The van der Waals surface area contributed by atoms with Crippen molar-refractivity contribution in [3.05, 3.63) is 0 Å². The van der Waals surface area contributed by atoms with Crippen LogP contribution in [0.1, 0.15) is 6.42 Å². The van der Waals surface area contributed by atoms with E-state index >= 15 is 0 Å². The summed E-state index contributed by atoms with van der Waals surface area (Å²) >= 11 is 0. The van der Waals surface area contributed by atoms with Crippen LogP contribution in [0.5, 0.6) is 0 Å². The highest BCUT2D eigenvalue weighted by Crippen LogP contribution is 2.06. The van der Waals surface area contributed by atoms with E-state index in [1.54, 1.807) is 0 Å². The molecule has 0 aliphatic carbocycles. The summed E-state index contributed by atoms with van der Waals surface area (Å²) in [6, 6.07) is 0. The number of hydrogen-bond acceptors (Lipinski definition) is 5. The maximum absolute atomic E-state index is 11.3. The van der Waals surface area contributed by atoms with Crippen molar-refractivity contribution in [1.29, 1.82) is 0 Å². The van der Waals surface area contributed by atoms with Crippen molar-refractivity contribution >= 4 is 19.9 Å². The molecule has 15 heavy (non-hydrogen) atoms. The molecule has 1 aliphatic rings. The van der Waals surface area contributed by atoms with Crippen LogP contribution in [-0.2, 0) is 19.9 Å². The van der Waals surface area contributed by atoms with E-state index in [-0.39, 0.29) is 5.92 Å². The van der Waals surface area contributed by atoms with Gasteiger partial charge in [0.1, 0.15) is 0 Å². The molecule has 0 aromatic rings. The minimum atomic E-state index is -3.69. The first-order chi connectivity index (χ1) is 6.79. The van der Waals surface area contributed by atoms with Gasteiger partial charge in [0.15, 0.2) is 14.9 Å². The lowest BCUT2D eigenvalue weighted by molar-refractivity contribution is 0.540. The Balaban J connectivity index is 2.42. The van der Waals surface area contributed by atoms with Crippen molar-refractivity contribution < 1.29 is 16.8 Å². The van der Waals surface area contributed by atoms with E-state index in [4.69, 9.17) is 0 Å². The fourth-order valence-electron chi connectivity index (χ4n) is 1.46. The van der Waals surface area contributed by atoms with Gasteiger partial charge < -0.3 is 5.32 Å². The largest absolute Gasteiger partial charge is 0.316 e. The summed E-state index contributed by atoms with van der Waals surface area (Å²) in [5, 5.41) is 2.27. The molecule has 1 atom stereocenters. The highest BCUT2D eigenvalue weighted by atomic mass is 32.3. The third-order valence-electron chi connectivity index (χ3n) is 2.12. The first kappa shape index (κ1) is 12.9. The normalized spacial score (nSPS) is 23.1. The Kier molecular flexibility index (Phi) is 4.10. The number of nitrogens with one attached hydrogen (secondary N) is 2. The molecule has 2 N–H and O–H groups in total.